The molecule has 2 unspecified atom stereocenters. The summed E-state index contributed by atoms with van der Waals surface area (Å²) in [7, 11) is 0. The first-order valence-corrected chi connectivity index (χ1v) is 8.04. The lowest BCUT2D eigenvalue weighted by molar-refractivity contribution is 0.0929. The van der Waals surface area contributed by atoms with E-state index < -0.39 is 0 Å². The third-order valence-electron chi connectivity index (χ3n) is 3.78. The first-order valence-electron chi connectivity index (χ1n) is 6.75. The Hall–Kier alpha value is -1.16. The smallest absolute Gasteiger partial charge is 0.251 e. The summed E-state index contributed by atoms with van der Waals surface area (Å²) < 4.78 is 0. The molecule has 0 radical (unpaired) electrons. The molecule has 3 nitrogen and oxygen atoms in total. The highest BCUT2D eigenvalue weighted by Gasteiger charge is 2.26. The number of aryl methyl sites for hydroxylation is 1. The molecular formula is C15H21NO2S. The van der Waals surface area contributed by atoms with E-state index >= 15 is 0 Å². The molecule has 0 spiro atoms. The Bertz CT molecular complexity index is 461. The molecule has 0 aliphatic heterocycles. The zero-order valence-electron chi connectivity index (χ0n) is 11.5. The van der Waals surface area contributed by atoms with Crippen molar-refractivity contribution in [2.45, 2.75) is 43.9 Å². The second-order valence-electron chi connectivity index (χ2n) is 5.14. The van der Waals surface area contributed by atoms with Gasteiger partial charge in [-0.1, -0.05) is 12.8 Å². The van der Waals surface area contributed by atoms with Crippen LogP contribution in [0, 0.1) is 6.92 Å². The van der Waals surface area contributed by atoms with Gasteiger partial charge in [-0.05, 0) is 49.8 Å². The molecule has 2 atom stereocenters. The van der Waals surface area contributed by atoms with Crippen molar-refractivity contribution in [1.82, 2.24) is 5.32 Å². The van der Waals surface area contributed by atoms with Gasteiger partial charge in [-0.3, -0.25) is 4.79 Å². The number of aromatic hydroxyl groups is 1. The number of phenolic OH excluding ortho intramolecular Hbond substituents is 1. The maximum absolute atomic E-state index is 12.2. The van der Waals surface area contributed by atoms with Crippen molar-refractivity contribution in [3.8, 4) is 5.75 Å². The van der Waals surface area contributed by atoms with E-state index in [4.69, 9.17) is 0 Å². The van der Waals surface area contributed by atoms with Crippen LogP contribution in [0.25, 0.3) is 0 Å². The number of rotatable bonds is 3. The second-order valence-corrected chi connectivity index (χ2v) is 6.22. The van der Waals surface area contributed by atoms with Gasteiger partial charge in [0.15, 0.2) is 0 Å². The molecule has 0 saturated heterocycles. The van der Waals surface area contributed by atoms with Crippen LogP contribution in [0.15, 0.2) is 18.2 Å². The minimum Gasteiger partial charge on any atom is -0.508 e. The van der Waals surface area contributed by atoms with Crippen LogP contribution in [-0.4, -0.2) is 28.6 Å². The fourth-order valence-electron chi connectivity index (χ4n) is 2.59. The van der Waals surface area contributed by atoms with Gasteiger partial charge in [-0.2, -0.15) is 11.8 Å². The van der Waals surface area contributed by atoms with Crippen LogP contribution in [0.4, 0.5) is 0 Å². The van der Waals surface area contributed by atoms with Crippen molar-refractivity contribution in [1.29, 1.82) is 0 Å². The Morgan fingerprint density at radius 3 is 2.79 bits per heavy atom. The summed E-state index contributed by atoms with van der Waals surface area (Å²) in [5, 5.41) is 13.2. The first kappa shape index (κ1) is 14.3. The summed E-state index contributed by atoms with van der Waals surface area (Å²) in [6.45, 7) is 1.80. The van der Waals surface area contributed by atoms with E-state index in [-0.39, 0.29) is 17.7 Å². The summed E-state index contributed by atoms with van der Waals surface area (Å²) in [6, 6.07) is 5.26. The Morgan fingerprint density at radius 1 is 1.37 bits per heavy atom. The van der Waals surface area contributed by atoms with Gasteiger partial charge < -0.3 is 10.4 Å². The van der Waals surface area contributed by atoms with E-state index in [0.717, 1.165) is 12.0 Å². The van der Waals surface area contributed by atoms with Crippen molar-refractivity contribution in [3.63, 3.8) is 0 Å². The van der Waals surface area contributed by atoms with Gasteiger partial charge in [0.2, 0.25) is 0 Å². The van der Waals surface area contributed by atoms with Gasteiger partial charge in [0.1, 0.15) is 5.75 Å². The van der Waals surface area contributed by atoms with Crippen molar-refractivity contribution in [2.24, 2.45) is 0 Å². The largest absolute Gasteiger partial charge is 0.508 e. The summed E-state index contributed by atoms with van der Waals surface area (Å²) in [5.41, 5.74) is 1.36. The van der Waals surface area contributed by atoms with Crippen molar-refractivity contribution < 1.29 is 9.90 Å². The highest BCUT2D eigenvalue weighted by Crippen LogP contribution is 2.27. The zero-order valence-corrected chi connectivity index (χ0v) is 12.3. The average Bonchev–Trinajstić information content (AvgIpc) is 2.42. The first-order chi connectivity index (χ1) is 9.11. The van der Waals surface area contributed by atoms with E-state index in [0.29, 0.717) is 10.8 Å². The van der Waals surface area contributed by atoms with Crippen molar-refractivity contribution >= 4 is 17.7 Å². The van der Waals surface area contributed by atoms with Crippen LogP contribution in [0.5, 0.6) is 5.75 Å². The number of phenols is 1. The summed E-state index contributed by atoms with van der Waals surface area (Å²) >= 11 is 1.84. The molecule has 1 fully saturated rings. The number of thioether (sulfide) groups is 1. The highest BCUT2D eigenvalue weighted by atomic mass is 32.2. The monoisotopic (exact) mass is 279 g/mol. The lowest BCUT2D eigenvalue weighted by atomic mass is 9.94. The third-order valence-corrected chi connectivity index (χ3v) is 4.95. The predicted octanol–water partition coefficient (Wildman–Crippen LogP) is 3.10. The van der Waals surface area contributed by atoms with E-state index in [1.165, 1.54) is 19.3 Å². The molecule has 104 valence electrons. The second kappa shape index (κ2) is 6.33. The molecular weight excluding hydrogens is 258 g/mol. The third kappa shape index (κ3) is 3.44. The molecule has 19 heavy (non-hydrogen) atoms. The van der Waals surface area contributed by atoms with Crippen LogP contribution < -0.4 is 5.32 Å². The number of hydrogen-bond donors (Lipinski definition) is 2. The topological polar surface area (TPSA) is 49.3 Å². The predicted molar refractivity (Wildman–Crippen MR) is 79.9 cm³/mol. The van der Waals surface area contributed by atoms with Crippen molar-refractivity contribution in [2.75, 3.05) is 6.26 Å². The molecule has 1 saturated carbocycles. The lowest BCUT2D eigenvalue weighted by Gasteiger charge is -2.31. The summed E-state index contributed by atoms with van der Waals surface area (Å²) in [5.74, 6) is 0.199. The Labute approximate surface area is 118 Å². The lowest BCUT2D eigenvalue weighted by Crippen LogP contribution is -2.43. The van der Waals surface area contributed by atoms with Gasteiger partial charge >= 0.3 is 0 Å². The van der Waals surface area contributed by atoms with Crippen molar-refractivity contribution in [3.05, 3.63) is 29.3 Å². The summed E-state index contributed by atoms with van der Waals surface area (Å²) in [4.78, 5) is 12.2. The van der Waals surface area contributed by atoms with E-state index in [9.17, 15) is 9.90 Å². The molecule has 1 aromatic rings. The van der Waals surface area contributed by atoms with Crippen LogP contribution in [0.1, 0.15) is 41.6 Å². The Kier molecular flexibility index (Phi) is 4.75. The van der Waals surface area contributed by atoms with Gasteiger partial charge in [0.25, 0.3) is 5.91 Å². The molecule has 1 amide bonds. The summed E-state index contributed by atoms with van der Waals surface area (Å²) in [6.07, 6.45) is 6.81. The van der Waals surface area contributed by atoms with Gasteiger partial charge in [-0.15, -0.1) is 0 Å². The normalized spacial score (nSPS) is 23.1. The number of carbonyl (C=O) groups is 1. The van der Waals surface area contributed by atoms with Crippen LogP contribution in [0.2, 0.25) is 0 Å². The molecule has 1 aromatic carbocycles. The van der Waals surface area contributed by atoms with Gasteiger partial charge in [0.05, 0.1) is 0 Å². The maximum atomic E-state index is 12.2. The Balaban J connectivity index is 2.05. The molecule has 0 bridgehead atoms. The fraction of sp³-hybridized carbons (Fsp3) is 0.533. The van der Waals surface area contributed by atoms with Gasteiger partial charge in [-0.25, -0.2) is 0 Å². The zero-order chi connectivity index (χ0) is 13.8. The maximum Gasteiger partial charge on any atom is 0.251 e. The molecule has 2 rings (SSSR count). The number of nitrogens with one attached hydrogen (secondary N) is 1. The van der Waals surface area contributed by atoms with Gasteiger partial charge in [0, 0.05) is 16.9 Å². The standard InChI is InChI=1S/C15H21NO2S/c1-10-9-11(7-8-13(10)17)15(18)16-12-5-3-4-6-14(12)19-2/h7-9,12,14,17H,3-6H2,1-2H3,(H,16,18). The minimum absolute atomic E-state index is 0.0333. The number of benzene rings is 1. The van der Waals surface area contributed by atoms with Crippen LogP contribution in [-0.2, 0) is 0 Å². The fourth-order valence-corrected chi connectivity index (χ4v) is 3.53. The molecule has 0 heterocycles. The number of hydrogen-bond acceptors (Lipinski definition) is 3. The van der Waals surface area contributed by atoms with E-state index in [1.54, 1.807) is 25.1 Å². The minimum atomic E-state index is -0.0333. The van der Waals surface area contributed by atoms with E-state index in [2.05, 4.69) is 11.6 Å². The molecule has 0 aromatic heterocycles. The van der Waals surface area contributed by atoms with Crippen LogP contribution >= 0.6 is 11.8 Å². The SMILES string of the molecule is CSC1CCCCC1NC(=O)c1ccc(O)c(C)c1. The average molecular weight is 279 g/mol. The highest BCUT2D eigenvalue weighted by molar-refractivity contribution is 7.99. The van der Waals surface area contributed by atoms with Crippen LogP contribution in [0.3, 0.4) is 0 Å². The molecule has 1 aliphatic rings. The number of carbonyl (C=O) groups excluding carboxylic acids is 1. The molecule has 1 aliphatic carbocycles. The molecule has 2 N–H and O–H groups in total. The van der Waals surface area contributed by atoms with E-state index in [1.807, 2.05) is 11.8 Å². The number of amides is 1. The molecule has 4 heteroatoms. The Morgan fingerprint density at radius 2 is 2.11 bits per heavy atom. The quantitative estimate of drug-likeness (QED) is 0.894.